The summed E-state index contributed by atoms with van der Waals surface area (Å²) in [7, 11) is 2.00. The van der Waals surface area contributed by atoms with Gasteiger partial charge in [-0.2, -0.15) is 0 Å². The molecule has 0 bridgehead atoms. The van der Waals surface area contributed by atoms with Gasteiger partial charge in [0.25, 0.3) is 0 Å². The molecule has 0 radical (unpaired) electrons. The lowest BCUT2D eigenvalue weighted by atomic mass is 10.2. The molecule has 0 unspecified atom stereocenters. The van der Waals surface area contributed by atoms with Gasteiger partial charge in [-0.1, -0.05) is 31.1 Å². The second-order valence-electron chi connectivity index (χ2n) is 5.62. The Morgan fingerprint density at radius 1 is 1.24 bits per heavy atom. The molecule has 1 N–H and O–H groups in total. The standard InChI is InChI=1S/C16H22FN3O/c1-12(2)18-9-15-8-16(21-19-15)11-20(3)10-13-4-6-14(17)7-5-13/h4-8,12,18H,9-11H2,1-3H3. The van der Waals surface area contributed by atoms with Gasteiger partial charge in [0.15, 0.2) is 5.76 Å². The van der Waals surface area contributed by atoms with Gasteiger partial charge in [0.2, 0.25) is 0 Å². The van der Waals surface area contributed by atoms with Crippen LogP contribution in [0.4, 0.5) is 4.39 Å². The molecule has 1 aromatic carbocycles. The summed E-state index contributed by atoms with van der Waals surface area (Å²) in [6.07, 6.45) is 0. The van der Waals surface area contributed by atoms with E-state index in [1.54, 1.807) is 12.1 Å². The second-order valence-corrected chi connectivity index (χ2v) is 5.62. The van der Waals surface area contributed by atoms with E-state index >= 15 is 0 Å². The SMILES string of the molecule is CC(C)NCc1cc(CN(C)Cc2ccc(F)cc2)on1. The maximum atomic E-state index is 12.9. The monoisotopic (exact) mass is 291 g/mol. The summed E-state index contributed by atoms with van der Waals surface area (Å²) in [5.74, 6) is 0.624. The van der Waals surface area contributed by atoms with Gasteiger partial charge in [0.1, 0.15) is 5.82 Å². The molecule has 0 saturated carbocycles. The largest absolute Gasteiger partial charge is 0.360 e. The summed E-state index contributed by atoms with van der Waals surface area (Å²) in [6, 6.07) is 8.94. The van der Waals surface area contributed by atoms with E-state index in [9.17, 15) is 4.39 Å². The number of nitrogens with zero attached hydrogens (tertiary/aromatic N) is 2. The summed E-state index contributed by atoms with van der Waals surface area (Å²) < 4.78 is 18.2. The molecule has 2 rings (SSSR count). The smallest absolute Gasteiger partial charge is 0.151 e. The van der Waals surface area contributed by atoms with Crippen molar-refractivity contribution < 1.29 is 8.91 Å². The molecule has 21 heavy (non-hydrogen) atoms. The van der Waals surface area contributed by atoms with Gasteiger partial charge in [-0.25, -0.2) is 4.39 Å². The molecule has 0 fully saturated rings. The molecule has 4 nitrogen and oxygen atoms in total. The minimum atomic E-state index is -0.209. The van der Waals surface area contributed by atoms with Gasteiger partial charge < -0.3 is 9.84 Å². The Balaban J connectivity index is 1.84. The van der Waals surface area contributed by atoms with Gasteiger partial charge in [-0.05, 0) is 24.7 Å². The number of aromatic nitrogens is 1. The van der Waals surface area contributed by atoms with Gasteiger partial charge in [-0.15, -0.1) is 0 Å². The van der Waals surface area contributed by atoms with Crippen molar-refractivity contribution in [1.82, 2.24) is 15.4 Å². The molecule has 0 saturated heterocycles. The van der Waals surface area contributed by atoms with Crippen LogP contribution in [0.2, 0.25) is 0 Å². The fourth-order valence-corrected chi connectivity index (χ4v) is 2.05. The normalized spacial score (nSPS) is 11.5. The minimum absolute atomic E-state index is 0.209. The Morgan fingerprint density at radius 3 is 2.62 bits per heavy atom. The van der Waals surface area contributed by atoms with Crippen LogP contribution in [0.1, 0.15) is 30.9 Å². The highest BCUT2D eigenvalue weighted by molar-refractivity contribution is 5.16. The lowest BCUT2D eigenvalue weighted by Gasteiger charge is -2.14. The maximum absolute atomic E-state index is 12.9. The fraction of sp³-hybridized carbons (Fsp3) is 0.438. The van der Waals surface area contributed by atoms with E-state index in [4.69, 9.17) is 4.52 Å². The van der Waals surface area contributed by atoms with E-state index < -0.39 is 0 Å². The number of rotatable bonds is 7. The summed E-state index contributed by atoms with van der Waals surface area (Å²) in [4.78, 5) is 2.10. The average molecular weight is 291 g/mol. The first-order valence-corrected chi connectivity index (χ1v) is 7.14. The van der Waals surface area contributed by atoms with Crippen molar-refractivity contribution in [2.75, 3.05) is 7.05 Å². The Kier molecular flexibility index (Phi) is 5.47. The zero-order valence-electron chi connectivity index (χ0n) is 12.8. The summed E-state index contributed by atoms with van der Waals surface area (Å²) in [6.45, 7) is 6.31. The predicted molar refractivity (Wildman–Crippen MR) is 80.0 cm³/mol. The van der Waals surface area contributed by atoms with Crippen LogP contribution in [0.3, 0.4) is 0 Å². The highest BCUT2D eigenvalue weighted by Crippen LogP contribution is 2.10. The number of benzene rings is 1. The Morgan fingerprint density at radius 2 is 1.95 bits per heavy atom. The lowest BCUT2D eigenvalue weighted by Crippen LogP contribution is -2.21. The Labute approximate surface area is 124 Å². The number of nitrogens with one attached hydrogen (secondary N) is 1. The van der Waals surface area contributed by atoms with Crippen LogP contribution in [0.25, 0.3) is 0 Å². The number of halogens is 1. The molecule has 0 amide bonds. The third-order valence-electron chi connectivity index (χ3n) is 3.09. The van der Waals surface area contributed by atoms with E-state index in [0.29, 0.717) is 19.1 Å². The highest BCUT2D eigenvalue weighted by Gasteiger charge is 2.08. The molecule has 2 aromatic rings. The van der Waals surface area contributed by atoms with Crippen molar-refractivity contribution in [2.24, 2.45) is 0 Å². The molecule has 0 aliphatic carbocycles. The van der Waals surface area contributed by atoms with Crippen molar-refractivity contribution in [2.45, 2.75) is 39.5 Å². The van der Waals surface area contributed by atoms with Crippen LogP contribution in [-0.4, -0.2) is 23.1 Å². The molecule has 0 aliphatic heterocycles. The second kappa shape index (κ2) is 7.33. The molecule has 114 valence electrons. The summed E-state index contributed by atoms with van der Waals surface area (Å²) in [5, 5.41) is 7.35. The average Bonchev–Trinajstić information content (AvgIpc) is 2.86. The predicted octanol–water partition coefficient (Wildman–Crippen LogP) is 2.94. The maximum Gasteiger partial charge on any atom is 0.151 e. The van der Waals surface area contributed by atoms with E-state index in [0.717, 1.165) is 23.6 Å². The third-order valence-corrected chi connectivity index (χ3v) is 3.09. The van der Waals surface area contributed by atoms with E-state index in [1.807, 2.05) is 13.1 Å². The summed E-state index contributed by atoms with van der Waals surface area (Å²) >= 11 is 0. The van der Waals surface area contributed by atoms with Crippen molar-refractivity contribution in [3.05, 3.63) is 53.2 Å². The van der Waals surface area contributed by atoms with Crippen molar-refractivity contribution >= 4 is 0 Å². The van der Waals surface area contributed by atoms with Crippen LogP contribution in [-0.2, 0) is 19.6 Å². The quantitative estimate of drug-likeness (QED) is 0.851. The van der Waals surface area contributed by atoms with Crippen molar-refractivity contribution in [1.29, 1.82) is 0 Å². The van der Waals surface area contributed by atoms with Crippen LogP contribution < -0.4 is 5.32 Å². The van der Waals surface area contributed by atoms with Crippen molar-refractivity contribution in [3.8, 4) is 0 Å². The van der Waals surface area contributed by atoms with E-state index in [-0.39, 0.29) is 5.82 Å². The summed E-state index contributed by atoms with van der Waals surface area (Å²) in [5.41, 5.74) is 1.98. The van der Waals surface area contributed by atoms with Crippen LogP contribution >= 0.6 is 0 Å². The molecule has 1 heterocycles. The van der Waals surface area contributed by atoms with Crippen molar-refractivity contribution in [3.63, 3.8) is 0 Å². The molecule has 0 spiro atoms. The first-order chi connectivity index (χ1) is 10.0. The lowest BCUT2D eigenvalue weighted by molar-refractivity contribution is 0.265. The molecule has 0 aliphatic rings. The third kappa shape index (κ3) is 5.28. The van der Waals surface area contributed by atoms with Gasteiger partial charge in [-0.3, -0.25) is 4.90 Å². The molecule has 5 heteroatoms. The zero-order valence-corrected chi connectivity index (χ0v) is 12.8. The molecule has 1 aromatic heterocycles. The van der Waals surface area contributed by atoms with E-state index in [2.05, 4.69) is 29.2 Å². The highest BCUT2D eigenvalue weighted by atomic mass is 19.1. The first kappa shape index (κ1) is 15.7. The minimum Gasteiger partial charge on any atom is -0.360 e. The molecular formula is C16H22FN3O. The molecule has 0 atom stereocenters. The Hall–Kier alpha value is -1.72. The number of hydrogen-bond donors (Lipinski definition) is 1. The van der Waals surface area contributed by atoms with Gasteiger partial charge in [0, 0.05) is 25.2 Å². The van der Waals surface area contributed by atoms with Gasteiger partial charge in [0.05, 0.1) is 12.2 Å². The zero-order chi connectivity index (χ0) is 15.2. The van der Waals surface area contributed by atoms with Crippen LogP contribution in [0.5, 0.6) is 0 Å². The fourth-order valence-electron chi connectivity index (χ4n) is 2.05. The molecular weight excluding hydrogens is 269 g/mol. The van der Waals surface area contributed by atoms with Crippen LogP contribution in [0.15, 0.2) is 34.9 Å². The first-order valence-electron chi connectivity index (χ1n) is 7.14. The van der Waals surface area contributed by atoms with Gasteiger partial charge >= 0.3 is 0 Å². The topological polar surface area (TPSA) is 41.3 Å². The van der Waals surface area contributed by atoms with Crippen LogP contribution in [0, 0.1) is 5.82 Å². The number of hydrogen-bond acceptors (Lipinski definition) is 4. The van der Waals surface area contributed by atoms with E-state index in [1.165, 1.54) is 12.1 Å². The Bertz CT molecular complexity index is 551.